The fourth-order valence-electron chi connectivity index (χ4n) is 2.34. The maximum absolute atomic E-state index is 12.2. The lowest BCUT2D eigenvalue weighted by atomic mass is 10.1. The van der Waals surface area contributed by atoms with E-state index in [1.807, 2.05) is 6.92 Å². The second kappa shape index (κ2) is 5.39. The van der Waals surface area contributed by atoms with Crippen LogP contribution in [0.1, 0.15) is 54.3 Å². The summed E-state index contributed by atoms with van der Waals surface area (Å²) in [6.45, 7) is 6.59. The number of carbonyl (C=O) groups excluding carboxylic acids is 2. The third-order valence-electron chi connectivity index (χ3n) is 3.63. The van der Waals surface area contributed by atoms with Crippen LogP contribution >= 0.6 is 0 Å². The number of hydrogen-bond acceptors (Lipinski definition) is 2. The fourth-order valence-corrected chi connectivity index (χ4v) is 2.34. The molecule has 1 heterocycles. The maximum Gasteiger partial charge on any atom is 0.261 e. The quantitative estimate of drug-likeness (QED) is 0.612. The highest BCUT2D eigenvalue weighted by atomic mass is 16.2. The SMILES string of the molecule is CCC/C(C)=C(/C)CN1C(=O)c2ccccc2C1=O. The van der Waals surface area contributed by atoms with E-state index in [-0.39, 0.29) is 11.8 Å². The van der Waals surface area contributed by atoms with Gasteiger partial charge in [0.1, 0.15) is 0 Å². The van der Waals surface area contributed by atoms with Crippen LogP contribution in [0.2, 0.25) is 0 Å². The van der Waals surface area contributed by atoms with Crippen molar-refractivity contribution in [2.75, 3.05) is 6.54 Å². The van der Waals surface area contributed by atoms with Crippen LogP contribution in [0, 0.1) is 0 Å². The minimum absolute atomic E-state index is 0.177. The molecule has 19 heavy (non-hydrogen) atoms. The molecule has 100 valence electrons. The molecule has 0 spiro atoms. The monoisotopic (exact) mass is 257 g/mol. The molecule has 0 saturated heterocycles. The van der Waals surface area contributed by atoms with Gasteiger partial charge in [-0.05, 0) is 32.4 Å². The molecule has 3 heteroatoms. The van der Waals surface area contributed by atoms with Crippen LogP contribution < -0.4 is 0 Å². The molecule has 0 N–H and O–H groups in total. The third-order valence-corrected chi connectivity index (χ3v) is 3.63. The Balaban J connectivity index is 2.24. The first-order valence-electron chi connectivity index (χ1n) is 6.66. The lowest BCUT2D eigenvalue weighted by Crippen LogP contribution is -2.31. The zero-order valence-corrected chi connectivity index (χ0v) is 11.7. The summed E-state index contributed by atoms with van der Waals surface area (Å²) in [4.78, 5) is 25.8. The molecule has 0 atom stereocenters. The number of benzene rings is 1. The zero-order valence-electron chi connectivity index (χ0n) is 11.7. The molecule has 2 rings (SSSR count). The first kappa shape index (κ1) is 13.5. The van der Waals surface area contributed by atoms with Gasteiger partial charge < -0.3 is 0 Å². The Bertz CT molecular complexity index is 523. The molecule has 0 fully saturated rings. The molecule has 1 aliphatic rings. The van der Waals surface area contributed by atoms with E-state index in [0.717, 1.165) is 18.4 Å². The Hall–Kier alpha value is -1.90. The summed E-state index contributed by atoms with van der Waals surface area (Å²) in [6, 6.07) is 7.01. The van der Waals surface area contributed by atoms with Crippen LogP contribution in [0.25, 0.3) is 0 Å². The summed E-state index contributed by atoms with van der Waals surface area (Å²) in [5.41, 5.74) is 3.41. The number of nitrogens with zero attached hydrogens (tertiary/aromatic N) is 1. The lowest BCUT2D eigenvalue weighted by Gasteiger charge is -2.16. The van der Waals surface area contributed by atoms with E-state index in [2.05, 4.69) is 13.8 Å². The first-order chi connectivity index (χ1) is 9.06. The lowest BCUT2D eigenvalue weighted by molar-refractivity contribution is 0.0667. The van der Waals surface area contributed by atoms with Crippen molar-refractivity contribution in [2.24, 2.45) is 0 Å². The van der Waals surface area contributed by atoms with Gasteiger partial charge >= 0.3 is 0 Å². The number of amides is 2. The maximum atomic E-state index is 12.2. The van der Waals surface area contributed by atoms with E-state index in [4.69, 9.17) is 0 Å². The first-order valence-corrected chi connectivity index (χ1v) is 6.66. The topological polar surface area (TPSA) is 37.4 Å². The van der Waals surface area contributed by atoms with Crippen molar-refractivity contribution in [3.8, 4) is 0 Å². The van der Waals surface area contributed by atoms with E-state index < -0.39 is 0 Å². The molecule has 1 aromatic rings. The van der Waals surface area contributed by atoms with Crippen molar-refractivity contribution in [2.45, 2.75) is 33.6 Å². The predicted molar refractivity (Wildman–Crippen MR) is 75.1 cm³/mol. The van der Waals surface area contributed by atoms with Gasteiger partial charge in [0.05, 0.1) is 17.7 Å². The Morgan fingerprint density at radius 1 is 1.00 bits per heavy atom. The molecule has 0 aromatic heterocycles. The normalized spacial score (nSPS) is 15.6. The largest absolute Gasteiger partial charge is 0.270 e. The Kier molecular flexibility index (Phi) is 3.84. The van der Waals surface area contributed by atoms with Gasteiger partial charge in [0.2, 0.25) is 0 Å². The van der Waals surface area contributed by atoms with Crippen molar-refractivity contribution >= 4 is 11.8 Å². The molecule has 0 unspecified atom stereocenters. The highest BCUT2D eigenvalue weighted by Crippen LogP contribution is 2.24. The van der Waals surface area contributed by atoms with E-state index in [1.54, 1.807) is 24.3 Å². The predicted octanol–water partition coefficient (Wildman–Crippen LogP) is 3.42. The van der Waals surface area contributed by atoms with Crippen LogP contribution in [0.15, 0.2) is 35.4 Å². The van der Waals surface area contributed by atoms with Gasteiger partial charge in [-0.3, -0.25) is 14.5 Å². The highest BCUT2D eigenvalue weighted by Gasteiger charge is 2.34. The van der Waals surface area contributed by atoms with Gasteiger partial charge in [-0.2, -0.15) is 0 Å². The molecular weight excluding hydrogens is 238 g/mol. The third kappa shape index (κ3) is 2.46. The molecule has 0 saturated carbocycles. The number of rotatable bonds is 4. The smallest absolute Gasteiger partial charge is 0.261 e. The number of hydrogen-bond donors (Lipinski definition) is 0. The molecular formula is C16H19NO2. The van der Waals surface area contributed by atoms with E-state index in [0.29, 0.717) is 17.7 Å². The van der Waals surface area contributed by atoms with Gasteiger partial charge in [0, 0.05) is 0 Å². The Morgan fingerprint density at radius 2 is 1.53 bits per heavy atom. The fraction of sp³-hybridized carbons (Fsp3) is 0.375. The van der Waals surface area contributed by atoms with Gasteiger partial charge in [0.25, 0.3) is 11.8 Å². The standard InChI is InChI=1S/C16H19NO2/c1-4-7-11(2)12(3)10-17-15(18)13-8-5-6-9-14(13)16(17)19/h5-6,8-9H,4,7,10H2,1-3H3/b12-11-. The highest BCUT2D eigenvalue weighted by molar-refractivity contribution is 6.21. The molecule has 3 nitrogen and oxygen atoms in total. The second-order valence-electron chi connectivity index (χ2n) is 5.05. The van der Waals surface area contributed by atoms with Crippen molar-refractivity contribution in [3.05, 3.63) is 46.5 Å². The summed E-state index contributed by atoms with van der Waals surface area (Å²) >= 11 is 0. The number of allylic oxidation sites excluding steroid dienone is 1. The molecule has 0 aliphatic carbocycles. The molecule has 0 radical (unpaired) electrons. The van der Waals surface area contributed by atoms with E-state index in [9.17, 15) is 9.59 Å². The average Bonchev–Trinajstić information content (AvgIpc) is 2.65. The van der Waals surface area contributed by atoms with Crippen LogP contribution in [-0.2, 0) is 0 Å². The number of fused-ring (bicyclic) bond motifs is 1. The Morgan fingerprint density at radius 3 is 2.00 bits per heavy atom. The van der Waals surface area contributed by atoms with Crippen LogP contribution in [0.4, 0.5) is 0 Å². The summed E-state index contributed by atoms with van der Waals surface area (Å²) < 4.78 is 0. The van der Waals surface area contributed by atoms with Crippen LogP contribution in [0.3, 0.4) is 0 Å². The molecule has 1 aliphatic heterocycles. The van der Waals surface area contributed by atoms with Crippen molar-refractivity contribution in [1.29, 1.82) is 0 Å². The summed E-state index contributed by atoms with van der Waals surface area (Å²) in [5, 5.41) is 0. The Labute approximate surface area is 113 Å². The average molecular weight is 257 g/mol. The zero-order chi connectivity index (χ0) is 14.0. The van der Waals surface area contributed by atoms with Crippen molar-refractivity contribution in [3.63, 3.8) is 0 Å². The molecule has 2 amide bonds. The van der Waals surface area contributed by atoms with Gasteiger partial charge in [-0.25, -0.2) is 0 Å². The second-order valence-corrected chi connectivity index (χ2v) is 5.05. The summed E-state index contributed by atoms with van der Waals surface area (Å²) in [7, 11) is 0. The molecule has 1 aromatic carbocycles. The van der Waals surface area contributed by atoms with Gasteiger partial charge in [-0.15, -0.1) is 0 Å². The van der Waals surface area contributed by atoms with E-state index in [1.165, 1.54) is 10.5 Å². The summed E-state index contributed by atoms with van der Waals surface area (Å²) in [6.07, 6.45) is 2.08. The molecule has 0 bridgehead atoms. The van der Waals surface area contributed by atoms with Crippen LogP contribution in [-0.4, -0.2) is 23.3 Å². The van der Waals surface area contributed by atoms with Crippen LogP contribution in [0.5, 0.6) is 0 Å². The number of carbonyl (C=O) groups is 2. The van der Waals surface area contributed by atoms with Crippen molar-refractivity contribution in [1.82, 2.24) is 4.90 Å². The number of imide groups is 1. The van der Waals surface area contributed by atoms with Gasteiger partial charge in [-0.1, -0.05) is 36.6 Å². The summed E-state index contributed by atoms with van der Waals surface area (Å²) in [5.74, 6) is -0.353. The minimum atomic E-state index is -0.177. The minimum Gasteiger partial charge on any atom is -0.270 e. The van der Waals surface area contributed by atoms with E-state index >= 15 is 0 Å². The van der Waals surface area contributed by atoms with Crippen molar-refractivity contribution < 1.29 is 9.59 Å². The van der Waals surface area contributed by atoms with Gasteiger partial charge in [0.15, 0.2) is 0 Å².